The number of hydrogen-bond acceptors (Lipinski definition) is 3. The Bertz CT molecular complexity index is 560. The number of benzene rings is 1. The normalized spacial score (nSPS) is 10.3. The van der Waals surface area contributed by atoms with Gasteiger partial charge in [-0.05, 0) is 24.3 Å². The summed E-state index contributed by atoms with van der Waals surface area (Å²) in [6.07, 6.45) is 1.43. The van der Waals surface area contributed by atoms with Gasteiger partial charge in [0.15, 0.2) is 0 Å². The van der Waals surface area contributed by atoms with Crippen molar-refractivity contribution in [1.82, 2.24) is 4.98 Å². The third kappa shape index (κ3) is 2.31. The number of nitrogen functional groups attached to an aromatic ring is 1. The van der Waals surface area contributed by atoms with Gasteiger partial charge in [-0.15, -0.1) is 0 Å². The molecule has 1 aromatic heterocycles. The Balaban J connectivity index is 2.66. The molecule has 0 aliphatic rings. The molecular formula is C12H10ClFN2O. The largest absolute Gasteiger partial charge is 0.496 e. The van der Waals surface area contributed by atoms with E-state index in [0.717, 1.165) is 0 Å². The Morgan fingerprint density at radius 1 is 1.29 bits per heavy atom. The Labute approximate surface area is 103 Å². The van der Waals surface area contributed by atoms with Gasteiger partial charge in [0.05, 0.1) is 12.1 Å². The molecule has 0 aliphatic heterocycles. The van der Waals surface area contributed by atoms with Gasteiger partial charge in [-0.2, -0.15) is 0 Å². The molecule has 5 heteroatoms. The maximum atomic E-state index is 13.3. The summed E-state index contributed by atoms with van der Waals surface area (Å²) in [4.78, 5) is 3.85. The van der Waals surface area contributed by atoms with Gasteiger partial charge in [0.25, 0.3) is 0 Å². The van der Waals surface area contributed by atoms with E-state index in [0.29, 0.717) is 27.7 Å². The predicted molar refractivity (Wildman–Crippen MR) is 65.6 cm³/mol. The molecule has 0 amide bonds. The van der Waals surface area contributed by atoms with E-state index in [2.05, 4.69) is 4.98 Å². The third-order valence-corrected chi connectivity index (χ3v) is 2.63. The molecule has 3 nitrogen and oxygen atoms in total. The van der Waals surface area contributed by atoms with Gasteiger partial charge >= 0.3 is 0 Å². The van der Waals surface area contributed by atoms with Crippen LogP contribution in [0.3, 0.4) is 0 Å². The number of pyridine rings is 1. The van der Waals surface area contributed by atoms with Gasteiger partial charge < -0.3 is 10.5 Å². The molecule has 17 heavy (non-hydrogen) atoms. The van der Waals surface area contributed by atoms with Crippen LogP contribution >= 0.6 is 11.6 Å². The van der Waals surface area contributed by atoms with Gasteiger partial charge in [0.2, 0.25) is 0 Å². The van der Waals surface area contributed by atoms with Crippen molar-refractivity contribution >= 4 is 17.4 Å². The van der Waals surface area contributed by atoms with Gasteiger partial charge in [0.1, 0.15) is 17.4 Å². The van der Waals surface area contributed by atoms with Crippen molar-refractivity contribution in [3.63, 3.8) is 0 Å². The zero-order valence-corrected chi connectivity index (χ0v) is 9.83. The molecule has 2 aromatic rings. The monoisotopic (exact) mass is 252 g/mol. The van der Waals surface area contributed by atoms with E-state index in [9.17, 15) is 4.39 Å². The summed E-state index contributed by atoms with van der Waals surface area (Å²) in [5.74, 6) is 0.474. The number of hydrogen-bond donors (Lipinski definition) is 1. The Morgan fingerprint density at radius 2 is 2.06 bits per heavy atom. The minimum Gasteiger partial charge on any atom is -0.496 e. The minimum atomic E-state index is -0.368. The molecular weight excluding hydrogens is 243 g/mol. The van der Waals surface area contributed by atoms with Crippen molar-refractivity contribution in [2.75, 3.05) is 12.8 Å². The molecule has 0 bridgehead atoms. The first-order chi connectivity index (χ1) is 8.11. The van der Waals surface area contributed by atoms with E-state index >= 15 is 0 Å². The van der Waals surface area contributed by atoms with Crippen molar-refractivity contribution in [2.24, 2.45) is 0 Å². The number of aromatic nitrogens is 1. The first-order valence-corrected chi connectivity index (χ1v) is 5.24. The van der Waals surface area contributed by atoms with Crippen LogP contribution in [-0.2, 0) is 0 Å². The number of nitrogens with two attached hydrogens (primary N) is 1. The fourth-order valence-corrected chi connectivity index (χ4v) is 1.76. The van der Waals surface area contributed by atoms with Crippen molar-refractivity contribution in [2.45, 2.75) is 0 Å². The number of nitrogens with zero attached hydrogens (tertiary/aromatic N) is 1. The number of rotatable bonds is 2. The van der Waals surface area contributed by atoms with E-state index < -0.39 is 0 Å². The van der Waals surface area contributed by atoms with Gasteiger partial charge in [-0.25, -0.2) is 9.37 Å². The molecule has 0 fully saturated rings. The molecule has 0 saturated carbocycles. The highest BCUT2D eigenvalue weighted by atomic mass is 35.5. The lowest BCUT2D eigenvalue weighted by atomic mass is 10.1. The standard InChI is InChI=1S/C12H10ClFN2O/c1-17-11-3-2-7(14)4-9(11)8-5-12(15)16-6-10(8)13/h2-6H,1H3,(H2,15,16). The van der Waals surface area contributed by atoms with E-state index in [-0.39, 0.29) is 5.82 Å². The summed E-state index contributed by atoms with van der Waals surface area (Å²) >= 11 is 6.02. The highest BCUT2D eigenvalue weighted by Gasteiger charge is 2.11. The van der Waals surface area contributed by atoms with Gasteiger partial charge in [0, 0.05) is 17.3 Å². The molecule has 1 aromatic carbocycles. The summed E-state index contributed by atoms with van der Waals surface area (Å²) in [5.41, 5.74) is 6.73. The second-order valence-corrected chi connectivity index (χ2v) is 3.84. The Kier molecular flexibility index (Phi) is 3.15. The maximum absolute atomic E-state index is 13.3. The highest BCUT2D eigenvalue weighted by molar-refractivity contribution is 6.33. The van der Waals surface area contributed by atoms with E-state index in [4.69, 9.17) is 22.1 Å². The maximum Gasteiger partial charge on any atom is 0.126 e. The van der Waals surface area contributed by atoms with Crippen molar-refractivity contribution in [3.05, 3.63) is 41.3 Å². The van der Waals surface area contributed by atoms with Crippen LogP contribution in [-0.4, -0.2) is 12.1 Å². The van der Waals surface area contributed by atoms with Crippen LogP contribution in [0.1, 0.15) is 0 Å². The first-order valence-electron chi connectivity index (χ1n) is 4.86. The lowest BCUT2D eigenvalue weighted by molar-refractivity contribution is 0.415. The lowest BCUT2D eigenvalue weighted by Crippen LogP contribution is -1.94. The molecule has 0 atom stereocenters. The Morgan fingerprint density at radius 3 is 2.76 bits per heavy atom. The zero-order valence-electron chi connectivity index (χ0n) is 9.08. The van der Waals surface area contributed by atoms with Crippen molar-refractivity contribution < 1.29 is 9.13 Å². The quantitative estimate of drug-likeness (QED) is 0.893. The second kappa shape index (κ2) is 4.59. The molecule has 1 heterocycles. The number of methoxy groups -OCH3 is 1. The average Bonchev–Trinajstić information content (AvgIpc) is 2.32. The van der Waals surface area contributed by atoms with E-state index in [1.54, 1.807) is 6.07 Å². The molecule has 0 spiro atoms. The summed E-state index contributed by atoms with van der Waals surface area (Å²) in [6, 6.07) is 5.79. The molecule has 0 aliphatic carbocycles. The van der Waals surface area contributed by atoms with Crippen LogP contribution in [0.2, 0.25) is 5.02 Å². The van der Waals surface area contributed by atoms with Crippen LogP contribution in [0.15, 0.2) is 30.5 Å². The molecule has 2 N–H and O–H groups in total. The minimum absolute atomic E-state index is 0.315. The number of anilines is 1. The first kappa shape index (κ1) is 11.7. The summed E-state index contributed by atoms with van der Waals surface area (Å²) in [7, 11) is 1.51. The van der Waals surface area contributed by atoms with Gasteiger partial charge in [-0.1, -0.05) is 11.6 Å². The number of halogens is 2. The third-order valence-electron chi connectivity index (χ3n) is 2.33. The molecule has 0 radical (unpaired) electrons. The predicted octanol–water partition coefficient (Wildman–Crippen LogP) is 3.13. The molecule has 88 valence electrons. The van der Waals surface area contributed by atoms with Crippen LogP contribution < -0.4 is 10.5 Å². The SMILES string of the molecule is COc1ccc(F)cc1-c1cc(N)ncc1Cl. The van der Waals surface area contributed by atoms with Crippen LogP contribution in [0.4, 0.5) is 10.2 Å². The second-order valence-electron chi connectivity index (χ2n) is 3.43. The molecule has 0 unspecified atom stereocenters. The van der Waals surface area contributed by atoms with Crippen LogP contribution in [0.25, 0.3) is 11.1 Å². The summed E-state index contributed by atoms with van der Waals surface area (Å²) in [5, 5.41) is 0.392. The molecule has 2 rings (SSSR count). The van der Waals surface area contributed by atoms with Crippen molar-refractivity contribution in [3.8, 4) is 16.9 Å². The Hall–Kier alpha value is -1.81. The van der Waals surface area contributed by atoms with Crippen LogP contribution in [0, 0.1) is 5.82 Å². The van der Waals surface area contributed by atoms with E-state index in [1.165, 1.54) is 31.5 Å². The lowest BCUT2D eigenvalue weighted by Gasteiger charge is -2.10. The highest BCUT2D eigenvalue weighted by Crippen LogP contribution is 2.35. The average molecular weight is 253 g/mol. The van der Waals surface area contributed by atoms with Crippen molar-refractivity contribution in [1.29, 1.82) is 0 Å². The fraction of sp³-hybridized carbons (Fsp3) is 0.0833. The van der Waals surface area contributed by atoms with Gasteiger partial charge in [-0.3, -0.25) is 0 Å². The fourth-order valence-electron chi connectivity index (χ4n) is 1.55. The number of ether oxygens (including phenoxy) is 1. The summed E-state index contributed by atoms with van der Waals surface area (Å²) < 4.78 is 18.4. The van der Waals surface area contributed by atoms with E-state index in [1.807, 2.05) is 0 Å². The smallest absolute Gasteiger partial charge is 0.126 e. The topological polar surface area (TPSA) is 48.1 Å². The van der Waals surface area contributed by atoms with Crippen LogP contribution in [0.5, 0.6) is 5.75 Å². The zero-order chi connectivity index (χ0) is 12.4. The molecule has 0 saturated heterocycles. The summed E-state index contributed by atoms with van der Waals surface area (Å²) in [6.45, 7) is 0.